The molecule has 1 atom stereocenters. The Balaban J connectivity index is 1.52. The van der Waals surface area contributed by atoms with Crippen molar-refractivity contribution < 1.29 is 4.42 Å². The molecular weight excluding hydrogens is 332 g/mol. The number of nitriles is 1. The van der Waals surface area contributed by atoms with E-state index in [0.29, 0.717) is 41.7 Å². The molecule has 1 unspecified atom stereocenters. The first-order valence-electron chi connectivity index (χ1n) is 7.98. The molecule has 3 heterocycles. The first-order chi connectivity index (χ1) is 12.8. The molecule has 0 aliphatic heterocycles. The lowest BCUT2D eigenvalue weighted by atomic mass is 10.1. The highest BCUT2D eigenvalue weighted by Crippen LogP contribution is 2.25. The fourth-order valence-corrected chi connectivity index (χ4v) is 2.51. The highest BCUT2D eigenvalue weighted by Gasteiger charge is 2.22. The van der Waals surface area contributed by atoms with Gasteiger partial charge < -0.3 is 9.73 Å². The number of nitrogens with one attached hydrogen (secondary N) is 1. The van der Waals surface area contributed by atoms with Crippen molar-refractivity contribution in [2.75, 3.05) is 11.9 Å². The third kappa shape index (κ3) is 3.21. The molecule has 4 aromatic rings. The van der Waals surface area contributed by atoms with Crippen LogP contribution in [0.4, 0.5) is 5.95 Å². The molecule has 4 rings (SSSR count). The van der Waals surface area contributed by atoms with Crippen LogP contribution in [0.15, 0.2) is 53.6 Å². The van der Waals surface area contributed by atoms with Crippen molar-refractivity contribution in [1.82, 2.24) is 29.7 Å². The third-order valence-electron chi connectivity index (χ3n) is 3.75. The van der Waals surface area contributed by atoms with Crippen LogP contribution in [0.1, 0.15) is 17.5 Å². The van der Waals surface area contributed by atoms with E-state index in [4.69, 9.17) is 4.42 Å². The van der Waals surface area contributed by atoms with E-state index in [1.165, 1.54) is 6.33 Å². The highest BCUT2D eigenvalue weighted by molar-refractivity contribution is 5.72. The van der Waals surface area contributed by atoms with Gasteiger partial charge in [-0.25, -0.2) is 19.9 Å². The fourth-order valence-electron chi connectivity index (χ4n) is 2.51. The summed E-state index contributed by atoms with van der Waals surface area (Å²) in [6, 6.07) is 11.3. The molecule has 0 fully saturated rings. The van der Waals surface area contributed by atoms with E-state index in [9.17, 15) is 5.26 Å². The number of oxazole rings is 1. The number of nitrogens with zero attached hydrogens (tertiary/aromatic N) is 7. The quantitative estimate of drug-likeness (QED) is 0.563. The minimum Gasteiger partial charge on any atom is -0.439 e. The van der Waals surface area contributed by atoms with Crippen LogP contribution < -0.4 is 5.32 Å². The van der Waals surface area contributed by atoms with Crippen LogP contribution in [0.2, 0.25) is 0 Å². The second-order valence-electron chi connectivity index (χ2n) is 5.47. The van der Waals surface area contributed by atoms with Gasteiger partial charge >= 0.3 is 0 Å². The Kier molecular flexibility index (Phi) is 4.22. The summed E-state index contributed by atoms with van der Waals surface area (Å²) in [5, 5.41) is 16.7. The largest absolute Gasteiger partial charge is 0.439 e. The molecule has 0 amide bonds. The number of para-hydroxylation sites is 2. The van der Waals surface area contributed by atoms with E-state index in [2.05, 4.69) is 36.4 Å². The number of aromatic nitrogens is 6. The second-order valence-corrected chi connectivity index (χ2v) is 5.47. The molecule has 1 N–H and O–H groups in total. The average Bonchev–Trinajstić information content (AvgIpc) is 3.32. The zero-order valence-corrected chi connectivity index (χ0v) is 13.6. The number of benzene rings is 1. The Hall–Kier alpha value is -3.80. The van der Waals surface area contributed by atoms with Crippen LogP contribution in [-0.4, -0.2) is 36.3 Å². The van der Waals surface area contributed by atoms with Crippen molar-refractivity contribution in [2.24, 2.45) is 0 Å². The first kappa shape index (κ1) is 15.7. The minimum atomic E-state index is -0.707. The molecule has 0 radical (unpaired) electrons. The van der Waals surface area contributed by atoms with Crippen LogP contribution in [0.3, 0.4) is 0 Å². The lowest BCUT2D eigenvalue weighted by Gasteiger charge is -2.08. The summed E-state index contributed by atoms with van der Waals surface area (Å²) in [5.74, 6) is 0.0428. The van der Waals surface area contributed by atoms with Crippen molar-refractivity contribution in [3.05, 3.63) is 60.8 Å². The summed E-state index contributed by atoms with van der Waals surface area (Å²) >= 11 is 0. The van der Waals surface area contributed by atoms with Gasteiger partial charge in [-0.15, -0.1) is 0 Å². The van der Waals surface area contributed by atoms with E-state index in [0.717, 1.165) is 0 Å². The molecule has 9 nitrogen and oxygen atoms in total. The number of fused-ring (bicyclic) bond motifs is 1. The monoisotopic (exact) mass is 346 g/mol. The third-order valence-corrected chi connectivity index (χ3v) is 3.75. The van der Waals surface area contributed by atoms with Gasteiger partial charge in [-0.2, -0.15) is 10.4 Å². The smallest absolute Gasteiger partial charge is 0.222 e. The molecule has 0 saturated carbocycles. The van der Waals surface area contributed by atoms with Crippen LogP contribution in [0, 0.1) is 11.3 Å². The maximum absolute atomic E-state index is 9.60. The van der Waals surface area contributed by atoms with Crippen LogP contribution >= 0.6 is 0 Å². The van der Waals surface area contributed by atoms with E-state index >= 15 is 0 Å². The predicted molar refractivity (Wildman–Crippen MR) is 92.0 cm³/mol. The molecule has 128 valence electrons. The molecule has 0 aliphatic rings. The lowest BCUT2D eigenvalue weighted by molar-refractivity contribution is 0.525. The van der Waals surface area contributed by atoms with Crippen molar-refractivity contribution in [3.8, 4) is 6.07 Å². The minimum absolute atomic E-state index is 0.320. The molecule has 0 saturated heterocycles. The standard InChI is InChI=1S/C17H14N8O/c18-9-12(16-23-14-3-1-2-4-15(14)26-16)13-5-6-20-17(24-13)21-7-8-25-11-19-10-22-25/h1-6,10-12H,7-8H2,(H,20,21,24). The molecule has 9 heteroatoms. The summed E-state index contributed by atoms with van der Waals surface area (Å²) in [7, 11) is 0. The zero-order valence-electron chi connectivity index (χ0n) is 13.6. The Bertz CT molecular complexity index is 1020. The highest BCUT2D eigenvalue weighted by atomic mass is 16.3. The van der Waals surface area contributed by atoms with Gasteiger partial charge in [-0.3, -0.25) is 4.68 Å². The number of rotatable bonds is 6. The predicted octanol–water partition coefficient (Wildman–Crippen LogP) is 1.98. The van der Waals surface area contributed by atoms with Crippen LogP contribution in [-0.2, 0) is 6.54 Å². The van der Waals surface area contributed by atoms with Gasteiger partial charge in [0, 0.05) is 12.7 Å². The fraction of sp³-hybridized carbons (Fsp3) is 0.176. The van der Waals surface area contributed by atoms with Gasteiger partial charge in [0.2, 0.25) is 11.8 Å². The van der Waals surface area contributed by atoms with Crippen LogP contribution in [0.25, 0.3) is 11.1 Å². The SMILES string of the molecule is N#CC(c1ccnc(NCCn2cncn2)n1)c1nc2ccccc2o1. The van der Waals surface area contributed by atoms with Gasteiger partial charge in [0.25, 0.3) is 0 Å². The van der Waals surface area contributed by atoms with E-state index < -0.39 is 5.92 Å². The lowest BCUT2D eigenvalue weighted by Crippen LogP contribution is -2.13. The summed E-state index contributed by atoms with van der Waals surface area (Å²) in [4.78, 5) is 16.9. The van der Waals surface area contributed by atoms with Gasteiger partial charge in [-0.05, 0) is 18.2 Å². The maximum atomic E-state index is 9.60. The van der Waals surface area contributed by atoms with Crippen LogP contribution in [0.5, 0.6) is 0 Å². The van der Waals surface area contributed by atoms with E-state index in [1.54, 1.807) is 23.3 Å². The average molecular weight is 346 g/mol. The Morgan fingerprint density at radius 3 is 2.96 bits per heavy atom. The topological polar surface area (TPSA) is 118 Å². The maximum Gasteiger partial charge on any atom is 0.222 e. The number of anilines is 1. The van der Waals surface area contributed by atoms with Crippen molar-refractivity contribution >= 4 is 17.0 Å². The first-order valence-corrected chi connectivity index (χ1v) is 7.98. The summed E-state index contributed by atoms with van der Waals surface area (Å²) < 4.78 is 7.41. The van der Waals surface area contributed by atoms with Crippen molar-refractivity contribution in [3.63, 3.8) is 0 Å². The molecule has 0 aliphatic carbocycles. The van der Waals surface area contributed by atoms with Gasteiger partial charge in [0.15, 0.2) is 11.5 Å². The second kappa shape index (κ2) is 6.98. The summed E-state index contributed by atoms with van der Waals surface area (Å²) in [6.45, 7) is 1.20. The Morgan fingerprint density at radius 2 is 2.15 bits per heavy atom. The normalized spacial score (nSPS) is 12.0. The van der Waals surface area contributed by atoms with Gasteiger partial charge in [0.1, 0.15) is 18.2 Å². The van der Waals surface area contributed by atoms with Crippen molar-refractivity contribution in [1.29, 1.82) is 5.26 Å². The van der Waals surface area contributed by atoms with E-state index in [1.807, 2.05) is 24.3 Å². The Labute approximate surface area is 148 Å². The van der Waals surface area contributed by atoms with Crippen molar-refractivity contribution in [2.45, 2.75) is 12.5 Å². The van der Waals surface area contributed by atoms with Gasteiger partial charge in [-0.1, -0.05) is 12.1 Å². The zero-order chi connectivity index (χ0) is 17.8. The summed E-state index contributed by atoms with van der Waals surface area (Å²) in [5.41, 5.74) is 1.88. The van der Waals surface area contributed by atoms with Gasteiger partial charge in [0.05, 0.1) is 18.3 Å². The molecule has 1 aromatic carbocycles. The Morgan fingerprint density at radius 1 is 1.23 bits per heavy atom. The number of hydrogen-bond acceptors (Lipinski definition) is 8. The summed E-state index contributed by atoms with van der Waals surface area (Å²) in [6.07, 6.45) is 4.72. The number of hydrogen-bond donors (Lipinski definition) is 1. The van der Waals surface area contributed by atoms with E-state index in [-0.39, 0.29) is 0 Å². The molecule has 0 bridgehead atoms. The molecule has 26 heavy (non-hydrogen) atoms. The molecule has 3 aromatic heterocycles. The molecular formula is C17H14N8O. The molecule has 0 spiro atoms.